The van der Waals surface area contributed by atoms with E-state index in [-0.39, 0.29) is 29.5 Å². The lowest BCUT2D eigenvalue weighted by atomic mass is 9.59. The lowest BCUT2D eigenvalue weighted by Gasteiger charge is -2.55. The third kappa shape index (κ3) is 2.44. The average Bonchev–Trinajstić information content (AvgIpc) is 3.72. The second-order valence-electron chi connectivity index (χ2n) is 11.1. The average molecular weight is 446 g/mol. The standard InChI is InChI=1S/C27H28FN3O2/c1-25(18-4-3-5-19(28)14-18)9-10-26(2)20-17(8-13-30(21(20)25)22(32)16-6-7-16)15-31-23(26)29-27(11-12-27)24(31)33/h3-5,9-10,14,16-17H,6-8,11-13,15H2,1-2H3. The van der Waals surface area contributed by atoms with Crippen molar-refractivity contribution in [1.29, 1.82) is 0 Å². The van der Waals surface area contributed by atoms with E-state index in [9.17, 15) is 14.0 Å². The molecular weight excluding hydrogens is 417 g/mol. The van der Waals surface area contributed by atoms with Gasteiger partial charge in [0.15, 0.2) is 0 Å². The van der Waals surface area contributed by atoms with E-state index >= 15 is 0 Å². The quantitative estimate of drug-likeness (QED) is 0.647. The van der Waals surface area contributed by atoms with E-state index in [2.05, 4.69) is 26.0 Å². The Morgan fingerprint density at radius 1 is 1.12 bits per heavy atom. The Kier molecular flexibility index (Phi) is 3.59. The molecule has 0 N–H and O–H groups in total. The number of piperidine rings is 1. The van der Waals surface area contributed by atoms with Crippen molar-refractivity contribution in [2.24, 2.45) is 22.2 Å². The first-order valence-corrected chi connectivity index (χ1v) is 12.2. The molecule has 1 spiro atoms. The van der Waals surface area contributed by atoms with Crippen LogP contribution in [0.2, 0.25) is 0 Å². The number of hydrogen-bond donors (Lipinski definition) is 0. The van der Waals surface area contributed by atoms with E-state index in [1.807, 2.05) is 15.9 Å². The Labute approximate surface area is 193 Å². The Hall–Kier alpha value is -2.76. The molecule has 3 unspecified atom stereocenters. The van der Waals surface area contributed by atoms with E-state index in [0.29, 0.717) is 13.1 Å². The summed E-state index contributed by atoms with van der Waals surface area (Å²) in [4.78, 5) is 35.7. The number of nitrogens with zero attached hydrogens (tertiary/aromatic N) is 3. The molecule has 3 aliphatic carbocycles. The fourth-order valence-corrected chi connectivity index (χ4v) is 6.69. The van der Waals surface area contributed by atoms with Crippen molar-refractivity contribution in [3.8, 4) is 0 Å². The fraction of sp³-hybridized carbons (Fsp3) is 0.519. The minimum Gasteiger partial charge on any atom is -0.315 e. The van der Waals surface area contributed by atoms with E-state index in [4.69, 9.17) is 4.99 Å². The third-order valence-corrected chi connectivity index (χ3v) is 8.86. The molecule has 0 radical (unpaired) electrons. The summed E-state index contributed by atoms with van der Waals surface area (Å²) < 4.78 is 14.3. The predicted molar refractivity (Wildman–Crippen MR) is 122 cm³/mol. The van der Waals surface area contributed by atoms with Gasteiger partial charge < -0.3 is 4.90 Å². The molecule has 170 valence electrons. The van der Waals surface area contributed by atoms with Gasteiger partial charge in [0.05, 0.1) is 10.8 Å². The molecule has 0 aromatic heterocycles. The largest absolute Gasteiger partial charge is 0.315 e. The van der Waals surface area contributed by atoms with Crippen LogP contribution in [0.15, 0.2) is 52.7 Å². The number of hydrogen-bond acceptors (Lipinski definition) is 3. The van der Waals surface area contributed by atoms with Crippen molar-refractivity contribution in [2.45, 2.75) is 56.9 Å². The highest BCUT2D eigenvalue weighted by atomic mass is 19.1. The van der Waals surface area contributed by atoms with Gasteiger partial charge >= 0.3 is 0 Å². The highest BCUT2D eigenvalue weighted by molar-refractivity contribution is 6.14. The zero-order chi connectivity index (χ0) is 22.8. The van der Waals surface area contributed by atoms with Crippen LogP contribution in [-0.4, -0.2) is 46.1 Å². The molecule has 3 heterocycles. The molecule has 1 saturated heterocycles. The van der Waals surface area contributed by atoms with Crippen molar-refractivity contribution >= 4 is 17.6 Å². The van der Waals surface area contributed by atoms with Gasteiger partial charge in [-0.3, -0.25) is 19.5 Å². The van der Waals surface area contributed by atoms with Gasteiger partial charge in [0.1, 0.15) is 17.2 Å². The Balaban J connectivity index is 1.47. The van der Waals surface area contributed by atoms with E-state index in [0.717, 1.165) is 49.2 Å². The molecule has 2 amide bonds. The molecule has 3 aliphatic heterocycles. The number of allylic oxidation sites excluding steroid dienone is 1. The van der Waals surface area contributed by atoms with E-state index < -0.39 is 16.4 Å². The highest BCUT2D eigenvalue weighted by Gasteiger charge is 2.64. The van der Waals surface area contributed by atoms with Gasteiger partial charge in [-0.05, 0) is 69.2 Å². The molecule has 6 aliphatic rings. The monoisotopic (exact) mass is 445 g/mol. The number of amidine groups is 1. The van der Waals surface area contributed by atoms with Crippen molar-refractivity contribution in [2.75, 3.05) is 13.1 Å². The third-order valence-electron chi connectivity index (χ3n) is 8.86. The zero-order valence-corrected chi connectivity index (χ0v) is 19.1. The lowest BCUT2D eigenvalue weighted by molar-refractivity contribution is -0.133. The van der Waals surface area contributed by atoms with E-state index in [1.54, 1.807) is 12.1 Å². The summed E-state index contributed by atoms with van der Waals surface area (Å²) in [6.45, 7) is 5.54. The molecule has 0 bridgehead atoms. The van der Waals surface area contributed by atoms with Crippen molar-refractivity contribution in [3.63, 3.8) is 0 Å². The molecule has 1 aromatic carbocycles. The second-order valence-corrected chi connectivity index (χ2v) is 11.1. The van der Waals surface area contributed by atoms with Crippen LogP contribution in [-0.2, 0) is 15.0 Å². The first kappa shape index (κ1) is 19.7. The number of aliphatic imine (C=N–C) groups is 1. The first-order valence-electron chi connectivity index (χ1n) is 12.2. The number of benzene rings is 1. The highest BCUT2D eigenvalue weighted by Crippen LogP contribution is 2.59. The molecule has 33 heavy (non-hydrogen) atoms. The molecular formula is C27H28FN3O2. The summed E-state index contributed by atoms with van der Waals surface area (Å²) in [6.07, 6.45) is 8.69. The van der Waals surface area contributed by atoms with Crippen molar-refractivity contribution in [1.82, 2.24) is 9.80 Å². The summed E-state index contributed by atoms with van der Waals surface area (Å²) in [5.41, 5.74) is 1.36. The van der Waals surface area contributed by atoms with Crippen molar-refractivity contribution < 1.29 is 14.0 Å². The van der Waals surface area contributed by atoms with Gasteiger partial charge in [0, 0.05) is 30.6 Å². The maximum atomic E-state index is 14.3. The van der Waals surface area contributed by atoms with Gasteiger partial charge in [-0.2, -0.15) is 0 Å². The zero-order valence-electron chi connectivity index (χ0n) is 19.1. The fourth-order valence-electron chi connectivity index (χ4n) is 6.69. The van der Waals surface area contributed by atoms with Crippen LogP contribution in [0.1, 0.15) is 51.5 Å². The van der Waals surface area contributed by atoms with Gasteiger partial charge in [-0.1, -0.05) is 24.3 Å². The van der Waals surface area contributed by atoms with Crippen LogP contribution in [0.25, 0.3) is 0 Å². The molecule has 3 atom stereocenters. The molecule has 1 aromatic rings. The summed E-state index contributed by atoms with van der Waals surface area (Å²) >= 11 is 0. The summed E-state index contributed by atoms with van der Waals surface area (Å²) in [7, 11) is 0. The van der Waals surface area contributed by atoms with Gasteiger partial charge in [-0.15, -0.1) is 0 Å². The first-order chi connectivity index (χ1) is 15.8. The van der Waals surface area contributed by atoms with Gasteiger partial charge in [0.2, 0.25) is 5.91 Å². The number of carbonyl (C=O) groups excluding carboxylic acids is 2. The Morgan fingerprint density at radius 2 is 1.88 bits per heavy atom. The number of amides is 2. The lowest BCUT2D eigenvalue weighted by Crippen LogP contribution is -2.58. The van der Waals surface area contributed by atoms with Crippen LogP contribution in [0, 0.1) is 23.1 Å². The minimum atomic E-state index is -0.622. The van der Waals surface area contributed by atoms with E-state index in [1.165, 1.54) is 11.6 Å². The molecule has 5 nitrogen and oxygen atoms in total. The number of rotatable bonds is 2. The SMILES string of the molecule is CC12C=CC(C)(c3cccc(F)c3)C3=C1C(CCN3C(=O)C1CC1)CN1C(=O)C3(CC3)N=C12. The molecule has 2 saturated carbocycles. The number of halogens is 1. The normalized spacial score (nSPS) is 35.5. The Morgan fingerprint density at radius 3 is 2.58 bits per heavy atom. The molecule has 3 fully saturated rings. The summed E-state index contributed by atoms with van der Waals surface area (Å²) in [5, 5.41) is 0. The smallest absolute Gasteiger partial charge is 0.255 e. The summed E-state index contributed by atoms with van der Waals surface area (Å²) in [6, 6.07) is 6.76. The molecule has 6 heteroatoms. The Bertz CT molecular complexity index is 1220. The maximum Gasteiger partial charge on any atom is 0.255 e. The van der Waals surface area contributed by atoms with Crippen LogP contribution in [0.4, 0.5) is 4.39 Å². The van der Waals surface area contributed by atoms with Gasteiger partial charge in [0.25, 0.3) is 5.91 Å². The van der Waals surface area contributed by atoms with Crippen LogP contribution in [0.5, 0.6) is 0 Å². The minimum absolute atomic E-state index is 0.101. The number of fused-ring (bicyclic) bond motifs is 2. The van der Waals surface area contributed by atoms with Crippen LogP contribution < -0.4 is 0 Å². The second kappa shape index (κ2) is 6.02. The summed E-state index contributed by atoms with van der Waals surface area (Å²) in [5.74, 6) is 1.19. The van der Waals surface area contributed by atoms with Crippen LogP contribution >= 0.6 is 0 Å². The van der Waals surface area contributed by atoms with Gasteiger partial charge in [-0.25, -0.2) is 4.39 Å². The maximum absolute atomic E-state index is 14.3. The number of carbonyl (C=O) groups is 2. The predicted octanol–water partition coefficient (Wildman–Crippen LogP) is 3.96. The van der Waals surface area contributed by atoms with Crippen molar-refractivity contribution in [3.05, 3.63) is 59.1 Å². The topological polar surface area (TPSA) is 53.0 Å². The van der Waals surface area contributed by atoms with Crippen LogP contribution in [0.3, 0.4) is 0 Å². The molecule has 7 rings (SSSR count).